The Morgan fingerprint density at radius 2 is 2.00 bits per heavy atom. The van der Waals surface area contributed by atoms with E-state index < -0.39 is 36.0 Å². The quantitative estimate of drug-likeness (QED) is 0.736. The first-order valence-corrected chi connectivity index (χ1v) is 7.94. The minimum atomic E-state index is -5.07. The van der Waals surface area contributed by atoms with Crippen molar-refractivity contribution in [2.75, 3.05) is 6.54 Å². The van der Waals surface area contributed by atoms with E-state index >= 15 is 0 Å². The molecule has 24 heavy (non-hydrogen) atoms. The molecule has 0 saturated heterocycles. The van der Waals surface area contributed by atoms with Crippen molar-refractivity contribution >= 4 is 5.91 Å². The summed E-state index contributed by atoms with van der Waals surface area (Å²) in [4.78, 5) is 11.9. The second-order valence-corrected chi connectivity index (χ2v) is 6.36. The van der Waals surface area contributed by atoms with Gasteiger partial charge in [0.15, 0.2) is 0 Å². The molecule has 1 fully saturated rings. The first kappa shape index (κ1) is 18.8. The summed E-state index contributed by atoms with van der Waals surface area (Å²) in [5, 5.41) is 22.3. The maximum atomic E-state index is 13.3. The van der Waals surface area contributed by atoms with E-state index in [2.05, 4.69) is 5.32 Å². The van der Waals surface area contributed by atoms with Crippen LogP contribution in [-0.2, 0) is 10.4 Å². The SMILES string of the molecule is Cc1ccc(C(O)(CC(=O)NCC(O)C2CCCC2)C(F)(F)F)o1. The molecule has 0 bridgehead atoms. The van der Waals surface area contributed by atoms with E-state index in [0.717, 1.165) is 31.7 Å². The third-order valence-electron chi connectivity index (χ3n) is 4.49. The maximum absolute atomic E-state index is 13.3. The fraction of sp³-hybridized carbons (Fsp3) is 0.688. The molecule has 0 aliphatic heterocycles. The number of hydrogen-bond acceptors (Lipinski definition) is 4. The van der Waals surface area contributed by atoms with Gasteiger partial charge in [0.05, 0.1) is 12.5 Å². The number of alkyl halides is 3. The lowest BCUT2D eigenvalue weighted by Gasteiger charge is -2.28. The van der Waals surface area contributed by atoms with E-state index in [0.29, 0.717) is 0 Å². The van der Waals surface area contributed by atoms with Crippen LogP contribution in [0.25, 0.3) is 0 Å². The molecule has 1 aliphatic carbocycles. The van der Waals surface area contributed by atoms with Crippen LogP contribution in [0, 0.1) is 12.8 Å². The second-order valence-electron chi connectivity index (χ2n) is 6.36. The fourth-order valence-electron chi connectivity index (χ4n) is 3.01. The molecular weight excluding hydrogens is 327 g/mol. The number of amides is 1. The van der Waals surface area contributed by atoms with Gasteiger partial charge in [-0.2, -0.15) is 13.2 Å². The first-order valence-electron chi connectivity index (χ1n) is 7.94. The first-order chi connectivity index (χ1) is 11.1. The molecular formula is C16H22F3NO4. The number of rotatable bonds is 6. The number of aliphatic hydroxyl groups is 2. The zero-order chi connectivity index (χ0) is 18.0. The van der Waals surface area contributed by atoms with Crippen molar-refractivity contribution in [1.82, 2.24) is 5.32 Å². The minimum absolute atomic E-state index is 0.0551. The standard InChI is InChI=1S/C16H22F3NO4/c1-10-6-7-13(24-10)15(23,16(17,18)19)8-14(22)20-9-12(21)11-4-2-3-5-11/h6-7,11-12,21,23H,2-5,8-9H2,1H3,(H,20,22). The normalized spacial score (nSPS) is 19.9. The summed E-state index contributed by atoms with van der Waals surface area (Å²) < 4.78 is 44.7. The van der Waals surface area contributed by atoms with E-state index in [1.54, 1.807) is 0 Å². The smallest absolute Gasteiger partial charge is 0.425 e. The molecule has 1 amide bonds. The molecule has 0 spiro atoms. The van der Waals surface area contributed by atoms with E-state index in [-0.39, 0.29) is 18.2 Å². The molecule has 0 radical (unpaired) electrons. The summed E-state index contributed by atoms with van der Waals surface area (Å²) in [7, 11) is 0. The Labute approximate surface area is 137 Å². The van der Waals surface area contributed by atoms with Crippen LogP contribution in [0.15, 0.2) is 16.5 Å². The van der Waals surface area contributed by atoms with Crippen LogP contribution in [-0.4, -0.2) is 34.9 Å². The van der Waals surface area contributed by atoms with Gasteiger partial charge in [0, 0.05) is 6.54 Å². The molecule has 1 saturated carbocycles. The molecule has 2 rings (SSSR count). The van der Waals surface area contributed by atoms with Gasteiger partial charge in [0.2, 0.25) is 11.5 Å². The molecule has 1 aromatic rings. The monoisotopic (exact) mass is 349 g/mol. The van der Waals surface area contributed by atoms with Gasteiger partial charge in [-0.15, -0.1) is 0 Å². The van der Waals surface area contributed by atoms with Gasteiger partial charge < -0.3 is 19.9 Å². The number of furan rings is 1. The summed E-state index contributed by atoms with van der Waals surface area (Å²) in [5.41, 5.74) is -3.40. The Balaban J connectivity index is 2.00. The highest BCUT2D eigenvalue weighted by molar-refractivity contribution is 5.77. The van der Waals surface area contributed by atoms with Crippen LogP contribution in [0.2, 0.25) is 0 Å². The Hall–Kier alpha value is -1.54. The summed E-state index contributed by atoms with van der Waals surface area (Å²) in [6, 6.07) is 2.29. The van der Waals surface area contributed by atoms with Crippen LogP contribution in [0.5, 0.6) is 0 Å². The lowest BCUT2D eigenvalue weighted by molar-refractivity contribution is -0.273. The van der Waals surface area contributed by atoms with Crippen LogP contribution in [0.4, 0.5) is 13.2 Å². The van der Waals surface area contributed by atoms with Gasteiger partial charge >= 0.3 is 6.18 Å². The predicted octanol–water partition coefficient (Wildman–Crippen LogP) is 2.40. The fourth-order valence-corrected chi connectivity index (χ4v) is 3.01. The van der Waals surface area contributed by atoms with Crippen LogP contribution < -0.4 is 5.32 Å². The molecule has 1 aromatic heterocycles. The maximum Gasteiger partial charge on any atom is 0.425 e. The summed E-state index contributed by atoms with van der Waals surface area (Å²) in [6.45, 7) is 1.31. The van der Waals surface area contributed by atoms with Gasteiger partial charge in [-0.1, -0.05) is 12.8 Å². The number of aliphatic hydroxyl groups excluding tert-OH is 1. The van der Waals surface area contributed by atoms with E-state index in [9.17, 15) is 28.2 Å². The van der Waals surface area contributed by atoms with Crippen molar-refractivity contribution in [2.24, 2.45) is 5.92 Å². The molecule has 1 aliphatic rings. The Bertz CT molecular complexity index is 566. The van der Waals surface area contributed by atoms with E-state index in [4.69, 9.17) is 4.42 Å². The van der Waals surface area contributed by atoms with Crippen LogP contribution in [0.1, 0.15) is 43.6 Å². The van der Waals surface area contributed by atoms with Gasteiger partial charge in [0.25, 0.3) is 0 Å². The topological polar surface area (TPSA) is 82.7 Å². The Kier molecular flexibility index (Phi) is 5.59. The average Bonchev–Trinajstić information content (AvgIpc) is 3.14. The Morgan fingerprint density at radius 1 is 1.38 bits per heavy atom. The lowest BCUT2D eigenvalue weighted by atomic mass is 9.95. The number of halogens is 3. The summed E-state index contributed by atoms with van der Waals surface area (Å²) >= 11 is 0. The van der Waals surface area contributed by atoms with Crippen LogP contribution >= 0.6 is 0 Å². The van der Waals surface area contributed by atoms with Crippen molar-refractivity contribution in [3.8, 4) is 0 Å². The van der Waals surface area contributed by atoms with Gasteiger partial charge in [-0.3, -0.25) is 4.79 Å². The average molecular weight is 349 g/mol. The third-order valence-corrected chi connectivity index (χ3v) is 4.49. The number of carbonyl (C=O) groups excluding carboxylic acids is 1. The molecule has 0 aromatic carbocycles. The number of carbonyl (C=O) groups is 1. The van der Waals surface area contributed by atoms with E-state index in [1.165, 1.54) is 13.0 Å². The van der Waals surface area contributed by atoms with Gasteiger partial charge in [0.1, 0.15) is 11.5 Å². The van der Waals surface area contributed by atoms with E-state index in [1.807, 2.05) is 0 Å². The summed E-state index contributed by atoms with van der Waals surface area (Å²) in [6.07, 6.45) is -3.40. The molecule has 3 N–H and O–H groups in total. The van der Waals surface area contributed by atoms with Crippen molar-refractivity contribution < 1.29 is 32.6 Å². The van der Waals surface area contributed by atoms with Crippen molar-refractivity contribution in [3.05, 3.63) is 23.7 Å². The third kappa shape index (κ3) is 4.10. The largest absolute Gasteiger partial charge is 0.463 e. The van der Waals surface area contributed by atoms with Gasteiger partial charge in [-0.05, 0) is 37.8 Å². The number of nitrogens with one attached hydrogen (secondary N) is 1. The predicted molar refractivity (Wildman–Crippen MR) is 79.0 cm³/mol. The minimum Gasteiger partial charge on any atom is -0.463 e. The highest BCUT2D eigenvalue weighted by Crippen LogP contribution is 2.42. The lowest BCUT2D eigenvalue weighted by Crippen LogP contribution is -2.47. The molecule has 1 heterocycles. The zero-order valence-corrected chi connectivity index (χ0v) is 13.4. The molecule has 136 valence electrons. The van der Waals surface area contributed by atoms with Crippen molar-refractivity contribution in [3.63, 3.8) is 0 Å². The molecule has 2 atom stereocenters. The molecule has 5 nitrogen and oxygen atoms in total. The summed E-state index contributed by atoms with van der Waals surface area (Å²) in [5.74, 6) is -1.47. The van der Waals surface area contributed by atoms with Crippen molar-refractivity contribution in [2.45, 2.75) is 56.9 Å². The number of hydrogen-bond donors (Lipinski definition) is 3. The highest BCUT2D eigenvalue weighted by Gasteiger charge is 2.58. The van der Waals surface area contributed by atoms with Crippen molar-refractivity contribution in [1.29, 1.82) is 0 Å². The van der Waals surface area contributed by atoms with Gasteiger partial charge in [-0.25, -0.2) is 0 Å². The molecule has 2 unspecified atom stereocenters. The Morgan fingerprint density at radius 3 is 2.50 bits per heavy atom. The highest BCUT2D eigenvalue weighted by atomic mass is 19.4. The molecule has 8 heteroatoms. The van der Waals surface area contributed by atoms with Crippen LogP contribution in [0.3, 0.4) is 0 Å². The number of aryl methyl sites for hydroxylation is 1. The zero-order valence-electron chi connectivity index (χ0n) is 13.4. The second kappa shape index (κ2) is 7.14.